The lowest BCUT2D eigenvalue weighted by molar-refractivity contribution is -0.127. The Morgan fingerprint density at radius 2 is 1.81 bits per heavy atom. The molecule has 32 heavy (non-hydrogen) atoms. The van der Waals surface area contributed by atoms with Crippen LogP contribution in [0.2, 0.25) is 0 Å². The number of carbonyl (C=O) groups excluding carboxylic acids is 2. The lowest BCUT2D eigenvalue weighted by Crippen LogP contribution is -2.46. The van der Waals surface area contributed by atoms with Crippen molar-refractivity contribution in [1.82, 2.24) is 10.2 Å². The molecule has 0 aromatic heterocycles. The van der Waals surface area contributed by atoms with Gasteiger partial charge in [0.05, 0.1) is 19.1 Å². The number of ether oxygens (including phenoxy) is 1. The SMILES string of the molecule is CCC(NC(=O)C1CCCN(C(=O)c2cccc3ccccc23)C1)c1ccc(OC)cc1. The molecule has 5 nitrogen and oxygen atoms in total. The van der Waals surface area contributed by atoms with Crippen molar-refractivity contribution in [1.29, 1.82) is 0 Å². The fourth-order valence-electron chi connectivity index (χ4n) is 4.50. The van der Waals surface area contributed by atoms with Gasteiger partial charge in [0.25, 0.3) is 5.91 Å². The third-order valence-electron chi connectivity index (χ3n) is 6.34. The molecule has 4 rings (SSSR count). The molecule has 0 bridgehead atoms. The number of likely N-dealkylation sites (tertiary alicyclic amines) is 1. The summed E-state index contributed by atoms with van der Waals surface area (Å²) in [6.45, 7) is 3.20. The molecule has 0 saturated carbocycles. The summed E-state index contributed by atoms with van der Waals surface area (Å²) >= 11 is 0. The molecule has 1 heterocycles. The topological polar surface area (TPSA) is 58.6 Å². The molecule has 166 valence electrons. The lowest BCUT2D eigenvalue weighted by atomic mass is 9.94. The number of benzene rings is 3. The zero-order chi connectivity index (χ0) is 22.5. The monoisotopic (exact) mass is 430 g/mol. The second kappa shape index (κ2) is 9.86. The van der Waals surface area contributed by atoms with Gasteiger partial charge in [0, 0.05) is 18.7 Å². The van der Waals surface area contributed by atoms with Gasteiger partial charge >= 0.3 is 0 Å². The standard InChI is InChI=1S/C27H30N2O3/c1-3-25(20-13-15-22(32-2)16-14-20)28-26(30)21-10-7-17-29(18-21)27(31)24-12-6-9-19-8-4-5-11-23(19)24/h4-6,8-9,11-16,21,25H,3,7,10,17-18H2,1-2H3,(H,28,30). The molecule has 1 aliphatic heterocycles. The number of carbonyl (C=O) groups is 2. The van der Waals surface area contributed by atoms with E-state index in [1.807, 2.05) is 71.6 Å². The van der Waals surface area contributed by atoms with E-state index in [-0.39, 0.29) is 23.8 Å². The largest absolute Gasteiger partial charge is 0.497 e. The summed E-state index contributed by atoms with van der Waals surface area (Å²) in [6.07, 6.45) is 2.42. The highest BCUT2D eigenvalue weighted by Crippen LogP contribution is 2.25. The van der Waals surface area contributed by atoms with E-state index in [2.05, 4.69) is 12.2 Å². The normalized spacial score (nSPS) is 17.1. The van der Waals surface area contributed by atoms with Crippen LogP contribution in [0.15, 0.2) is 66.7 Å². The van der Waals surface area contributed by atoms with Gasteiger partial charge in [0.1, 0.15) is 5.75 Å². The highest BCUT2D eigenvalue weighted by molar-refractivity contribution is 6.07. The first-order chi connectivity index (χ1) is 15.6. The number of fused-ring (bicyclic) bond motifs is 1. The second-order valence-corrected chi connectivity index (χ2v) is 8.36. The van der Waals surface area contributed by atoms with Crippen LogP contribution < -0.4 is 10.1 Å². The number of hydrogen-bond acceptors (Lipinski definition) is 3. The highest BCUT2D eigenvalue weighted by Gasteiger charge is 2.30. The number of amides is 2. The van der Waals surface area contributed by atoms with Gasteiger partial charge < -0.3 is 15.0 Å². The Balaban J connectivity index is 1.45. The molecule has 0 spiro atoms. The Labute approximate surface area is 189 Å². The molecule has 3 aromatic carbocycles. The number of nitrogens with one attached hydrogen (secondary N) is 1. The van der Waals surface area contributed by atoms with Crippen LogP contribution in [0.25, 0.3) is 10.8 Å². The number of piperidine rings is 1. The van der Waals surface area contributed by atoms with E-state index in [4.69, 9.17) is 4.74 Å². The molecular formula is C27H30N2O3. The van der Waals surface area contributed by atoms with Crippen LogP contribution in [0.4, 0.5) is 0 Å². The molecule has 5 heteroatoms. The van der Waals surface area contributed by atoms with Crippen LogP contribution in [-0.4, -0.2) is 36.9 Å². The van der Waals surface area contributed by atoms with Crippen molar-refractivity contribution >= 4 is 22.6 Å². The molecule has 1 saturated heterocycles. The van der Waals surface area contributed by atoms with E-state index in [1.165, 1.54) is 0 Å². The summed E-state index contributed by atoms with van der Waals surface area (Å²) in [5.74, 6) is 0.615. The summed E-state index contributed by atoms with van der Waals surface area (Å²) in [4.78, 5) is 28.3. The quantitative estimate of drug-likeness (QED) is 0.601. The average Bonchev–Trinajstić information content (AvgIpc) is 2.86. The van der Waals surface area contributed by atoms with Crippen LogP contribution in [-0.2, 0) is 4.79 Å². The van der Waals surface area contributed by atoms with Crippen molar-refractivity contribution in [3.05, 3.63) is 77.9 Å². The van der Waals surface area contributed by atoms with Gasteiger partial charge in [-0.05, 0) is 53.8 Å². The Hall–Kier alpha value is -3.34. The lowest BCUT2D eigenvalue weighted by Gasteiger charge is -2.33. The molecule has 1 aliphatic rings. The van der Waals surface area contributed by atoms with Gasteiger partial charge in [-0.15, -0.1) is 0 Å². The molecule has 1 fully saturated rings. The van der Waals surface area contributed by atoms with Crippen LogP contribution in [0.3, 0.4) is 0 Å². The van der Waals surface area contributed by atoms with Crippen LogP contribution in [0.1, 0.15) is 48.1 Å². The fraction of sp³-hybridized carbons (Fsp3) is 0.333. The highest BCUT2D eigenvalue weighted by atomic mass is 16.5. The molecule has 2 amide bonds. The minimum Gasteiger partial charge on any atom is -0.497 e. The van der Waals surface area contributed by atoms with E-state index >= 15 is 0 Å². The molecule has 0 radical (unpaired) electrons. The van der Waals surface area contributed by atoms with E-state index in [1.54, 1.807) is 7.11 Å². The van der Waals surface area contributed by atoms with E-state index in [0.717, 1.165) is 41.3 Å². The van der Waals surface area contributed by atoms with Gasteiger partial charge in [0.2, 0.25) is 5.91 Å². The van der Waals surface area contributed by atoms with Crippen molar-refractivity contribution in [2.45, 2.75) is 32.2 Å². The first kappa shape index (κ1) is 21.9. The maximum atomic E-state index is 13.3. The van der Waals surface area contributed by atoms with E-state index < -0.39 is 0 Å². The average molecular weight is 431 g/mol. The number of rotatable bonds is 6. The summed E-state index contributed by atoms with van der Waals surface area (Å²) in [5.41, 5.74) is 1.76. The number of hydrogen-bond donors (Lipinski definition) is 1. The summed E-state index contributed by atoms with van der Waals surface area (Å²) < 4.78 is 5.23. The summed E-state index contributed by atoms with van der Waals surface area (Å²) in [5, 5.41) is 5.21. The van der Waals surface area contributed by atoms with Crippen molar-refractivity contribution in [3.8, 4) is 5.75 Å². The second-order valence-electron chi connectivity index (χ2n) is 8.36. The Bertz CT molecular complexity index is 1090. The number of nitrogens with zero attached hydrogens (tertiary/aromatic N) is 1. The maximum absolute atomic E-state index is 13.3. The van der Waals surface area contributed by atoms with Crippen molar-refractivity contribution in [2.75, 3.05) is 20.2 Å². The zero-order valence-corrected chi connectivity index (χ0v) is 18.7. The minimum atomic E-state index is -0.199. The van der Waals surface area contributed by atoms with E-state index in [0.29, 0.717) is 18.7 Å². The zero-order valence-electron chi connectivity index (χ0n) is 18.7. The molecule has 1 N–H and O–H groups in total. The van der Waals surface area contributed by atoms with E-state index in [9.17, 15) is 9.59 Å². The Morgan fingerprint density at radius 3 is 2.56 bits per heavy atom. The molecule has 3 aromatic rings. The molecular weight excluding hydrogens is 400 g/mol. The van der Waals surface area contributed by atoms with Gasteiger partial charge in [-0.1, -0.05) is 55.5 Å². The summed E-state index contributed by atoms with van der Waals surface area (Å²) in [7, 11) is 1.64. The minimum absolute atomic E-state index is 0.00139. The maximum Gasteiger partial charge on any atom is 0.254 e. The third kappa shape index (κ3) is 4.62. The van der Waals surface area contributed by atoms with Crippen LogP contribution >= 0.6 is 0 Å². The van der Waals surface area contributed by atoms with Crippen molar-refractivity contribution in [2.24, 2.45) is 5.92 Å². The van der Waals surface area contributed by atoms with Crippen LogP contribution in [0, 0.1) is 5.92 Å². The first-order valence-corrected chi connectivity index (χ1v) is 11.3. The molecule has 0 aliphatic carbocycles. The predicted molar refractivity (Wildman–Crippen MR) is 127 cm³/mol. The smallest absolute Gasteiger partial charge is 0.254 e. The first-order valence-electron chi connectivity index (χ1n) is 11.3. The molecule has 2 unspecified atom stereocenters. The fourth-order valence-corrected chi connectivity index (χ4v) is 4.50. The van der Waals surface area contributed by atoms with Gasteiger partial charge in [-0.25, -0.2) is 0 Å². The van der Waals surface area contributed by atoms with Crippen molar-refractivity contribution < 1.29 is 14.3 Å². The van der Waals surface area contributed by atoms with Gasteiger partial charge in [-0.3, -0.25) is 9.59 Å². The van der Waals surface area contributed by atoms with Crippen LogP contribution in [0.5, 0.6) is 5.75 Å². The Morgan fingerprint density at radius 1 is 1.06 bits per heavy atom. The number of methoxy groups -OCH3 is 1. The third-order valence-corrected chi connectivity index (χ3v) is 6.34. The van der Waals surface area contributed by atoms with Gasteiger partial charge in [-0.2, -0.15) is 0 Å². The Kier molecular flexibility index (Phi) is 6.74. The van der Waals surface area contributed by atoms with Crippen molar-refractivity contribution in [3.63, 3.8) is 0 Å². The van der Waals surface area contributed by atoms with Gasteiger partial charge in [0.15, 0.2) is 0 Å². The summed E-state index contributed by atoms with van der Waals surface area (Å²) in [6, 6.07) is 21.5. The predicted octanol–water partition coefficient (Wildman–Crippen LogP) is 4.97. The molecule has 2 atom stereocenters.